The fraction of sp³-hybridized carbons (Fsp3) is 0.596. The van der Waals surface area contributed by atoms with Crippen LogP contribution in [0.5, 0.6) is 0 Å². The van der Waals surface area contributed by atoms with Gasteiger partial charge in [-0.15, -0.1) is 0 Å². The van der Waals surface area contributed by atoms with E-state index < -0.39 is 6.10 Å². The van der Waals surface area contributed by atoms with Gasteiger partial charge < -0.3 is 14.2 Å². The lowest BCUT2D eigenvalue weighted by atomic mass is 10.1. The Hall–Kier alpha value is -4.19. The minimum absolute atomic E-state index is 0.113. The van der Waals surface area contributed by atoms with E-state index in [0.717, 1.165) is 128 Å². The standard InChI is InChI=1S/C57H90O6/c1-4-7-10-13-16-19-22-25-28-29-30-33-35-38-41-44-47-50-56(59)62-53-54(63-57(60)51-48-45-42-39-36-32-27-24-21-18-15-12-9-6-3)52-61-55(58)49-46-43-40-37-34-31-26-23-20-17-14-11-8-5-2/h7-12,16-21,25,27-28,30,32-33,38,41,54H,4-6,13-15,22-24,26,29,31,34-37,39-40,42-53H2,1-3H3/b10-7-,11-8-,12-9-,19-16-,20-17-,21-18-,28-25-,32-27-,33-30-,41-38-. The third kappa shape index (κ3) is 48.7. The molecule has 0 fully saturated rings. The van der Waals surface area contributed by atoms with Gasteiger partial charge in [0.1, 0.15) is 13.2 Å². The molecule has 0 radical (unpaired) electrons. The van der Waals surface area contributed by atoms with Crippen LogP contribution in [-0.4, -0.2) is 37.2 Å². The summed E-state index contributed by atoms with van der Waals surface area (Å²) in [4.78, 5) is 37.9. The summed E-state index contributed by atoms with van der Waals surface area (Å²) < 4.78 is 16.7. The molecule has 6 heteroatoms. The second-order valence-corrected chi connectivity index (χ2v) is 15.9. The molecule has 0 aliphatic heterocycles. The molecule has 0 N–H and O–H groups in total. The molecule has 63 heavy (non-hydrogen) atoms. The first-order valence-corrected chi connectivity index (χ1v) is 25.0. The van der Waals surface area contributed by atoms with E-state index in [9.17, 15) is 14.4 Å². The van der Waals surface area contributed by atoms with Crippen molar-refractivity contribution in [3.05, 3.63) is 122 Å². The molecule has 0 aromatic rings. The molecule has 0 aromatic carbocycles. The lowest BCUT2D eigenvalue weighted by molar-refractivity contribution is -0.167. The van der Waals surface area contributed by atoms with Crippen LogP contribution in [0.15, 0.2) is 122 Å². The minimum Gasteiger partial charge on any atom is -0.462 e. The summed E-state index contributed by atoms with van der Waals surface area (Å²) in [7, 11) is 0. The Balaban J connectivity index is 4.54. The topological polar surface area (TPSA) is 78.9 Å². The number of esters is 3. The quantitative estimate of drug-likeness (QED) is 0.0263. The maximum Gasteiger partial charge on any atom is 0.306 e. The Kier molecular flexibility index (Phi) is 47.1. The predicted octanol–water partition coefficient (Wildman–Crippen LogP) is 16.5. The van der Waals surface area contributed by atoms with Gasteiger partial charge in [0.05, 0.1) is 0 Å². The normalized spacial score (nSPS) is 13.1. The van der Waals surface area contributed by atoms with Gasteiger partial charge >= 0.3 is 17.9 Å². The molecule has 6 nitrogen and oxygen atoms in total. The van der Waals surface area contributed by atoms with Crippen molar-refractivity contribution >= 4 is 17.9 Å². The summed E-state index contributed by atoms with van der Waals surface area (Å²) in [5, 5.41) is 0. The molecule has 1 unspecified atom stereocenters. The fourth-order valence-electron chi connectivity index (χ4n) is 6.29. The number of ether oxygens (including phenoxy) is 3. The highest BCUT2D eigenvalue weighted by Gasteiger charge is 2.19. The van der Waals surface area contributed by atoms with Crippen LogP contribution in [0.3, 0.4) is 0 Å². The van der Waals surface area contributed by atoms with E-state index in [1.165, 1.54) is 25.7 Å². The number of hydrogen-bond acceptors (Lipinski definition) is 6. The van der Waals surface area contributed by atoms with Crippen molar-refractivity contribution in [3.63, 3.8) is 0 Å². The van der Waals surface area contributed by atoms with Gasteiger partial charge in [0.2, 0.25) is 0 Å². The molecule has 0 rings (SSSR count). The first-order chi connectivity index (χ1) is 31.0. The summed E-state index contributed by atoms with van der Waals surface area (Å²) in [5.41, 5.74) is 0. The molecule has 354 valence electrons. The summed E-state index contributed by atoms with van der Waals surface area (Å²) in [5.74, 6) is -1.01. The zero-order valence-corrected chi connectivity index (χ0v) is 40.3. The van der Waals surface area contributed by atoms with Crippen LogP contribution in [0.2, 0.25) is 0 Å². The Labute approximate surface area is 386 Å². The lowest BCUT2D eigenvalue weighted by Gasteiger charge is -2.18. The number of hydrogen-bond donors (Lipinski definition) is 0. The Morgan fingerprint density at radius 3 is 0.952 bits per heavy atom. The van der Waals surface area contributed by atoms with Crippen LogP contribution in [-0.2, 0) is 28.6 Å². The van der Waals surface area contributed by atoms with Gasteiger partial charge in [-0.1, -0.05) is 187 Å². The zero-order chi connectivity index (χ0) is 45.8. The van der Waals surface area contributed by atoms with E-state index in [4.69, 9.17) is 14.2 Å². The first-order valence-electron chi connectivity index (χ1n) is 25.0. The molecule has 0 heterocycles. The van der Waals surface area contributed by atoms with Crippen LogP contribution in [0, 0.1) is 0 Å². The Bertz CT molecular complexity index is 1370. The third-order valence-electron chi connectivity index (χ3n) is 9.94. The van der Waals surface area contributed by atoms with Gasteiger partial charge in [-0.25, -0.2) is 0 Å². The molecule has 0 spiro atoms. The van der Waals surface area contributed by atoms with E-state index in [1.807, 2.05) is 0 Å². The van der Waals surface area contributed by atoms with Crippen molar-refractivity contribution in [1.29, 1.82) is 0 Å². The fourth-order valence-corrected chi connectivity index (χ4v) is 6.29. The van der Waals surface area contributed by atoms with E-state index in [1.54, 1.807) is 0 Å². The molecular formula is C57H90O6. The predicted molar refractivity (Wildman–Crippen MR) is 269 cm³/mol. The van der Waals surface area contributed by atoms with Crippen molar-refractivity contribution in [2.45, 2.75) is 207 Å². The first kappa shape index (κ1) is 58.8. The molecular weight excluding hydrogens is 781 g/mol. The number of allylic oxidation sites excluding steroid dienone is 20. The van der Waals surface area contributed by atoms with Crippen LogP contribution < -0.4 is 0 Å². The molecule has 0 saturated heterocycles. The molecule has 0 bridgehead atoms. The average molecular weight is 871 g/mol. The van der Waals surface area contributed by atoms with Crippen molar-refractivity contribution in [2.24, 2.45) is 0 Å². The van der Waals surface area contributed by atoms with E-state index >= 15 is 0 Å². The number of rotatable bonds is 43. The van der Waals surface area contributed by atoms with Gasteiger partial charge in [-0.2, -0.15) is 0 Å². The Morgan fingerprint density at radius 2 is 0.587 bits per heavy atom. The minimum atomic E-state index is -0.819. The zero-order valence-electron chi connectivity index (χ0n) is 40.3. The highest BCUT2D eigenvalue weighted by Crippen LogP contribution is 2.13. The second-order valence-electron chi connectivity index (χ2n) is 15.9. The summed E-state index contributed by atoms with van der Waals surface area (Å²) in [6.07, 6.45) is 69.0. The van der Waals surface area contributed by atoms with Crippen LogP contribution in [0.1, 0.15) is 201 Å². The van der Waals surface area contributed by atoms with E-state index in [2.05, 4.69) is 142 Å². The monoisotopic (exact) mass is 871 g/mol. The van der Waals surface area contributed by atoms with Crippen molar-refractivity contribution in [3.8, 4) is 0 Å². The molecule has 0 saturated carbocycles. The van der Waals surface area contributed by atoms with Crippen LogP contribution in [0.25, 0.3) is 0 Å². The summed E-state index contributed by atoms with van der Waals surface area (Å²) in [6.45, 7) is 6.21. The molecule has 1 atom stereocenters. The molecule has 0 aliphatic rings. The van der Waals surface area contributed by atoms with Crippen LogP contribution in [0.4, 0.5) is 0 Å². The SMILES string of the molecule is CC/C=C\C/C=C\C/C=C\C/C=C\C/C=C\CCCC(=O)OCC(COC(=O)CCCCCCCCC/C=C\C/C=C\CC)OC(=O)CCCCCC/C=C\C/C=C\C/C=C\CC. The van der Waals surface area contributed by atoms with Gasteiger partial charge in [-0.05, 0) is 116 Å². The highest BCUT2D eigenvalue weighted by atomic mass is 16.6. The van der Waals surface area contributed by atoms with Gasteiger partial charge in [0, 0.05) is 19.3 Å². The third-order valence-corrected chi connectivity index (χ3v) is 9.94. The van der Waals surface area contributed by atoms with Crippen molar-refractivity contribution in [1.82, 2.24) is 0 Å². The largest absolute Gasteiger partial charge is 0.462 e. The molecule has 0 aromatic heterocycles. The molecule has 0 aliphatic carbocycles. The second kappa shape index (κ2) is 50.5. The van der Waals surface area contributed by atoms with Gasteiger partial charge in [-0.3, -0.25) is 14.4 Å². The number of unbranched alkanes of at least 4 members (excludes halogenated alkanes) is 12. The molecule has 0 amide bonds. The van der Waals surface area contributed by atoms with Crippen molar-refractivity contribution in [2.75, 3.05) is 13.2 Å². The van der Waals surface area contributed by atoms with Gasteiger partial charge in [0.25, 0.3) is 0 Å². The van der Waals surface area contributed by atoms with Crippen molar-refractivity contribution < 1.29 is 28.6 Å². The van der Waals surface area contributed by atoms with E-state index in [-0.39, 0.29) is 44.0 Å². The van der Waals surface area contributed by atoms with Crippen LogP contribution >= 0.6 is 0 Å². The highest BCUT2D eigenvalue weighted by molar-refractivity contribution is 5.71. The van der Waals surface area contributed by atoms with Gasteiger partial charge in [0.15, 0.2) is 6.10 Å². The van der Waals surface area contributed by atoms with E-state index in [0.29, 0.717) is 12.8 Å². The maximum absolute atomic E-state index is 12.8. The average Bonchev–Trinajstić information content (AvgIpc) is 3.28. The number of carbonyl (C=O) groups is 3. The number of carbonyl (C=O) groups excluding carboxylic acids is 3. The Morgan fingerprint density at radius 1 is 0.317 bits per heavy atom. The summed E-state index contributed by atoms with van der Waals surface area (Å²) >= 11 is 0. The maximum atomic E-state index is 12.8. The smallest absolute Gasteiger partial charge is 0.306 e. The summed E-state index contributed by atoms with van der Waals surface area (Å²) in [6, 6.07) is 0. The lowest BCUT2D eigenvalue weighted by Crippen LogP contribution is -2.30.